The van der Waals surface area contributed by atoms with Gasteiger partial charge in [0.25, 0.3) is 5.91 Å². The molecule has 0 N–H and O–H groups in total. The Morgan fingerprint density at radius 3 is 2.55 bits per heavy atom. The van der Waals surface area contributed by atoms with Crippen LogP contribution in [0.5, 0.6) is 0 Å². The van der Waals surface area contributed by atoms with Gasteiger partial charge in [-0.05, 0) is 50.7 Å². The third kappa shape index (κ3) is 3.67. The largest absolute Gasteiger partial charge is 0.459 e. The Labute approximate surface area is 169 Å². The van der Waals surface area contributed by atoms with Crippen molar-refractivity contribution in [2.45, 2.75) is 51.8 Å². The predicted molar refractivity (Wildman–Crippen MR) is 106 cm³/mol. The number of esters is 1. The molecule has 1 aromatic heterocycles. The van der Waals surface area contributed by atoms with Crippen molar-refractivity contribution in [3.8, 4) is 0 Å². The van der Waals surface area contributed by atoms with Gasteiger partial charge in [-0.3, -0.25) is 14.6 Å². The fourth-order valence-corrected chi connectivity index (χ4v) is 4.31. The average molecular weight is 392 g/mol. The zero-order valence-corrected chi connectivity index (χ0v) is 16.6. The average Bonchev–Trinajstić information content (AvgIpc) is 2.96. The predicted octanol–water partition coefficient (Wildman–Crippen LogP) is 3.33. The van der Waals surface area contributed by atoms with E-state index in [1.165, 1.54) is 13.1 Å². The normalized spacial score (nSPS) is 22.6. The van der Waals surface area contributed by atoms with Gasteiger partial charge in [0.1, 0.15) is 12.6 Å². The van der Waals surface area contributed by atoms with Crippen molar-refractivity contribution in [1.29, 1.82) is 0 Å². The van der Waals surface area contributed by atoms with Crippen LogP contribution < -0.4 is 0 Å². The number of nitrogens with zero attached hydrogens (tertiary/aromatic N) is 2. The number of ether oxygens (including phenoxy) is 1. The highest BCUT2D eigenvalue weighted by atomic mass is 16.5. The highest BCUT2D eigenvalue weighted by Crippen LogP contribution is 2.44. The first-order valence-electron chi connectivity index (χ1n) is 9.96. The highest BCUT2D eigenvalue weighted by molar-refractivity contribution is 6.08. The third-order valence-electron chi connectivity index (χ3n) is 5.98. The van der Waals surface area contributed by atoms with Gasteiger partial charge in [0.2, 0.25) is 0 Å². The molecule has 2 aliphatic rings. The molecule has 150 valence electrons. The minimum absolute atomic E-state index is 0.0325. The quantitative estimate of drug-likeness (QED) is 0.576. The Balaban J connectivity index is 1.58. The fourth-order valence-electron chi connectivity index (χ4n) is 4.31. The smallest absolute Gasteiger partial charge is 0.329 e. The minimum Gasteiger partial charge on any atom is -0.459 e. The van der Waals surface area contributed by atoms with Gasteiger partial charge in [0, 0.05) is 23.5 Å². The summed E-state index contributed by atoms with van der Waals surface area (Å²) < 4.78 is 5.54. The molecular weight excluding hydrogens is 368 g/mol. The first-order valence-corrected chi connectivity index (χ1v) is 9.96. The molecule has 1 aromatic carbocycles. The van der Waals surface area contributed by atoms with Crippen LogP contribution in [0.4, 0.5) is 0 Å². The van der Waals surface area contributed by atoms with Gasteiger partial charge in [0.15, 0.2) is 5.78 Å². The lowest BCUT2D eigenvalue weighted by atomic mass is 9.80. The van der Waals surface area contributed by atoms with Gasteiger partial charge in [-0.1, -0.05) is 30.3 Å². The molecule has 1 aliphatic carbocycles. The number of ketones is 1. The zero-order chi connectivity index (χ0) is 20.5. The van der Waals surface area contributed by atoms with Gasteiger partial charge in [-0.15, -0.1) is 0 Å². The Bertz CT molecular complexity index is 957. The molecule has 4 rings (SSSR count). The molecule has 1 saturated heterocycles. The minimum atomic E-state index is -0.614. The van der Waals surface area contributed by atoms with Crippen molar-refractivity contribution >= 4 is 17.7 Å². The monoisotopic (exact) mass is 392 g/mol. The number of hydrogen-bond acceptors (Lipinski definition) is 5. The van der Waals surface area contributed by atoms with Crippen molar-refractivity contribution in [2.24, 2.45) is 5.92 Å². The molecule has 0 unspecified atom stereocenters. The van der Waals surface area contributed by atoms with Crippen LogP contribution in [0.15, 0.2) is 42.6 Å². The molecule has 2 heterocycles. The second-order valence-electron chi connectivity index (χ2n) is 7.89. The molecule has 0 spiro atoms. The maximum absolute atomic E-state index is 13.4. The summed E-state index contributed by atoms with van der Waals surface area (Å²) in [5.74, 6) is -0.563. The number of fused-ring (bicyclic) bond motifs is 1. The van der Waals surface area contributed by atoms with E-state index in [4.69, 9.17) is 4.74 Å². The molecule has 3 atom stereocenters. The Morgan fingerprint density at radius 2 is 1.90 bits per heavy atom. The van der Waals surface area contributed by atoms with E-state index >= 15 is 0 Å². The summed E-state index contributed by atoms with van der Waals surface area (Å²) in [6.07, 6.45) is 3.94. The molecule has 1 aliphatic heterocycles. The molecule has 1 amide bonds. The van der Waals surface area contributed by atoms with Crippen LogP contribution in [-0.4, -0.2) is 39.6 Å². The van der Waals surface area contributed by atoms with E-state index in [0.717, 1.165) is 18.4 Å². The second-order valence-corrected chi connectivity index (χ2v) is 7.89. The standard InChI is InChI=1S/C23H24N2O4/c1-14-10-18(19(12-24-14)15(2)26)22(27)25-20-9-8-17(20)11-21(25)23(28)29-13-16-6-4-3-5-7-16/h3-7,10,12,17,20-21H,8-9,11,13H2,1-2H3/t17-,20-,21-/m1/s1. The van der Waals surface area contributed by atoms with E-state index in [1.54, 1.807) is 17.9 Å². The van der Waals surface area contributed by atoms with Crippen LogP contribution in [0.3, 0.4) is 0 Å². The Kier molecular flexibility index (Phi) is 5.18. The SMILES string of the molecule is CC(=O)c1cnc(C)cc1C(=O)N1[C@@H](C(=O)OCc2ccccc2)C[C@H]2CC[C@H]21. The van der Waals surface area contributed by atoms with Crippen LogP contribution in [0.2, 0.25) is 0 Å². The zero-order valence-electron chi connectivity index (χ0n) is 16.6. The topological polar surface area (TPSA) is 76.6 Å². The van der Waals surface area contributed by atoms with Gasteiger partial charge in [-0.2, -0.15) is 0 Å². The summed E-state index contributed by atoms with van der Waals surface area (Å²) in [6, 6.07) is 10.5. The number of likely N-dealkylation sites (tertiary alicyclic amines) is 1. The molecule has 6 nitrogen and oxygen atoms in total. The van der Waals surface area contributed by atoms with E-state index in [0.29, 0.717) is 29.2 Å². The number of Topliss-reactive ketones (excluding diaryl/α,β-unsaturated/α-hetero) is 1. The molecule has 2 aromatic rings. The number of rotatable bonds is 5. The summed E-state index contributed by atoms with van der Waals surface area (Å²) in [4.78, 5) is 44.2. The molecule has 1 saturated carbocycles. The van der Waals surface area contributed by atoms with Crippen LogP contribution in [0.1, 0.15) is 58.2 Å². The number of carbonyl (C=O) groups excluding carboxylic acids is 3. The van der Waals surface area contributed by atoms with Gasteiger partial charge >= 0.3 is 5.97 Å². The van der Waals surface area contributed by atoms with E-state index in [9.17, 15) is 14.4 Å². The first-order chi connectivity index (χ1) is 14.0. The maximum atomic E-state index is 13.4. The van der Waals surface area contributed by atoms with Gasteiger partial charge < -0.3 is 9.64 Å². The van der Waals surface area contributed by atoms with Crippen LogP contribution in [0.25, 0.3) is 0 Å². The molecule has 0 radical (unpaired) electrons. The molecule has 6 heteroatoms. The van der Waals surface area contributed by atoms with E-state index < -0.39 is 6.04 Å². The van der Waals surface area contributed by atoms with Crippen molar-refractivity contribution in [3.05, 3.63) is 65.0 Å². The van der Waals surface area contributed by atoms with E-state index in [1.807, 2.05) is 30.3 Å². The Morgan fingerprint density at radius 1 is 1.14 bits per heavy atom. The summed E-state index contributed by atoms with van der Waals surface area (Å²) in [6.45, 7) is 3.38. The van der Waals surface area contributed by atoms with Crippen LogP contribution in [0, 0.1) is 12.8 Å². The summed E-state index contributed by atoms with van der Waals surface area (Å²) in [5.41, 5.74) is 2.17. The highest BCUT2D eigenvalue weighted by Gasteiger charge is 2.52. The number of amides is 1. The lowest BCUT2D eigenvalue weighted by Gasteiger charge is -2.37. The molecule has 2 fully saturated rings. The molecule has 0 bridgehead atoms. The number of aryl methyl sites for hydroxylation is 1. The fraction of sp³-hybridized carbons (Fsp3) is 0.391. The van der Waals surface area contributed by atoms with Crippen molar-refractivity contribution in [1.82, 2.24) is 9.88 Å². The summed E-state index contributed by atoms with van der Waals surface area (Å²) in [7, 11) is 0. The lowest BCUT2D eigenvalue weighted by molar-refractivity contribution is -0.149. The molecular formula is C23H24N2O4. The number of aromatic nitrogens is 1. The van der Waals surface area contributed by atoms with Gasteiger partial charge in [-0.25, -0.2) is 4.79 Å². The first kappa shape index (κ1) is 19.3. The number of pyridine rings is 1. The van der Waals surface area contributed by atoms with E-state index in [-0.39, 0.29) is 30.3 Å². The molecule has 29 heavy (non-hydrogen) atoms. The van der Waals surface area contributed by atoms with Crippen LogP contribution >= 0.6 is 0 Å². The van der Waals surface area contributed by atoms with Crippen molar-refractivity contribution < 1.29 is 19.1 Å². The third-order valence-corrected chi connectivity index (χ3v) is 5.98. The van der Waals surface area contributed by atoms with Crippen LogP contribution in [-0.2, 0) is 16.1 Å². The lowest BCUT2D eigenvalue weighted by Crippen LogP contribution is -2.48. The number of carbonyl (C=O) groups is 3. The number of hydrogen-bond donors (Lipinski definition) is 0. The summed E-state index contributed by atoms with van der Waals surface area (Å²) in [5, 5.41) is 0. The summed E-state index contributed by atoms with van der Waals surface area (Å²) >= 11 is 0. The maximum Gasteiger partial charge on any atom is 0.329 e. The second kappa shape index (κ2) is 7.78. The Hall–Kier alpha value is -3.02. The van der Waals surface area contributed by atoms with Crippen molar-refractivity contribution in [2.75, 3.05) is 0 Å². The van der Waals surface area contributed by atoms with Crippen molar-refractivity contribution in [3.63, 3.8) is 0 Å². The van der Waals surface area contributed by atoms with E-state index in [2.05, 4.69) is 4.98 Å². The van der Waals surface area contributed by atoms with Gasteiger partial charge in [0.05, 0.1) is 5.56 Å². The number of benzene rings is 1.